The fourth-order valence-electron chi connectivity index (χ4n) is 4.94. The molecule has 44 heavy (non-hydrogen) atoms. The summed E-state index contributed by atoms with van der Waals surface area (Å²) in [5.41, 5.74) is 3.33. The van der Waals surface area contributed by atoms with E-state index in [1.807, 2.05) is 0 Å². The van der Waals surface area contributed by atoms with Gasteiger partial charge in [-0.1, -0.05) is 0 Å². The molecule has 0 aliphatic carbocycles. The summed E-state index contributed by atoms with van der Waals surface area (Å²) in [4.78, 5) is 72.2. The summed E-state index contributed by atoms with van der Waals surface area (Å²) in [6, 6.07) is 6.69. The number of fused-ring (bicyclic) bond motifs is 8. The molecule has 0 radical (unpaired) electrons. The Morgan fingerprint density at radius 1 is 0.568 bits per heavy atom. The molecule has 0 unspecified atom stereocenters. The predicted molar refractivity (Wildman–Crippen MR) is 167 cm³/mol. The molecule has 0 saturated heterocycles. The van der Waals surface area contributed by atoms with Crippen LogP contribution >= 0.6 is 0 Å². The highest BCUT2D eigenvalue weighted by Gasteiger charge is 2.25. The second kappa shape index (κ2) is 12.0. The second-order valence-electron chi connectivity index (χ2n) is 10.3. The number of ether oxygens (including phenoxy) is 2. The molecule has 12 nitrogen and oxygen atoms in total. The lowest BCUT2D eigenvalue weighted by atomic mass is 10.1. The normalized spacial score (nSPS) is 11.8. The van der Waals surface area contributed by atoms with Crippen molar-refractivity contribution in [2.45, 2.75) is 13.8 Å². The minimum Gasteiger partial charge on any atom is -0.462 e. The first-order valence-corrected chi connectivity index (χ1v) is 14.0. The molecule has 0 saturated carbocycles. The van der Waals surface area contributed by atoms with Crippen molar-refractivity contribution in [3.8, 4) is 0 Å². The van der Waals surface area contributed by atoms with Gasteiger partial charge in [-0.05, 0) is 62.4 Å². The van der Waals surface area contributed by atoms with Gasteiger partial charge in [0.2, 0.25) is 0 Å². The number of hydrogen-bond acceptors (Lipinski definition) is 8. The zero-order valence-electron chi connectivity index (χ0n) is 25.3. The van der Waals surface area contributed by atoms with Gasteiger partial charge in [0.25, 0.3) is 11.8 Å². The van der Waals surface area contributed by atoms with E-state index in [2.05, 4.69) is 19.9 Å². The van der Waals surface area contributed by atoms with E-state index in [9.17, 15) is 19.2 Å². The molecule has 2 N–H and O–H groups in total. The van der Waals surface area contributed by atoms with E-state index in [0.717, 1.165) is 0 Å². The summed E-state index contributed by atoms with van der Waals surface area (Å²) in [6.07, 6.45) is 6.49. The fourth-order valence-corrected chi connectivity index (χ4v) is 4.94. The summed E-state index contributed by atoms with van der Waals surface area (Å²) >= 11 is 0. The van der Waals surface area contributed by atoms with Crippen molar-refractivity contribution in [2.24, 2.45) is 0 Å². The van der Waals surface area contributed by atoms with Gasteiger partial charge in [-0.2, -0.15) is 0 Å². The summed E-state index contributed by atoms with van der Waals surface area (Å²) in [5.74, 6) is -1.96. The van der Waals surface area contributed by atoms with Crippen LogP contribution in [0, 0.1) is 0 Å². The van der Waals surface area contributed by atoms with Crippen molar-refractivity contribution in [1.29, 1.82) is 0 Å². The zero-order valence-corrected chi connectivity index (χ0v) is 25.3. The number of amides is 2. The van der Waals surface area contributed by atoms with Crippen molar-refractivity contribution in [3.05, 3.63) is 69.3 Å². The molecule has 0 spiro atoms. The van der Waals surface area contributed by atoms with Gasteiger partial charge in [-0.15, -0.1) is 0 Å². The third kappa shape index (κ3) is 5.37. The average molecular weight is 597 g/mol. The van der Waals surface area contributed by atoms with E-state index in [0.29, 0.717) is 22.1 Å². The molecular formula is C32H32N6O6. The van der Waals surface area contributed by atoms with Gasteiger partial charge in [0, 0.05) is 28.2 Å². The molecule has 2 amide bonds. The summed E-state index contributed by atoms with van der Waals surface area (Å²) < 4.78 is 10.8. The van der Waals surface area contributed by atoms with Crippen LogP contribution in [-0.4, -0.2) is 94.9 Å². The number of aromatic nitrogens is 4. The van der Waals surface area contributed by atoms with Gasteiger partial charge in [0.15, 0.2) is 0 Å². The third-order valence-electron chi connectivity index (χ3n) is 6.95. The SMILES string of the molecule is CCOC(=O)c1c2nc(c(C(=O)N(C)C)c3nc(c(C(=O)OCC)c4ccc([nH]4)c(C(=O)N(C)C)c4ccc1[nH]4)C=C3)C=C2. The van der Waals surface area contributed by atoms with Crippen LogP contribution in [0.2, 0.25) is 0 Å². The molecule has 2 aliphatic rings. The van der Waals surface area contributed by atoms with Gasteiger partial charge in [0.1, 0.15) is 11.1 Å². The average Bonchev–Trinajstić information content (AvgIpc) is 3.79. The van der Waals surface area contributed by atoms with E-state index in [1.165, 1.54) is 9.80 Å². The molecule has 5 rings (SSSR count). The van der Waals surface area contributed by atoms with Crippen LogP contribution < -0.4 is 0 Å². The van der Waals surface area contributed by atoms with Crippen molar-refractivity contribution in [1.82, 2.24) is 29.7 Å². The minimum atomic E-state index is -0.628. The maximum Gasteiger partial charge on any atom is 0.342 e. The molecule has 3 aromatic heterocycles. The highest BCUT2D eigenvalue weighted by molar-refractivity contribution is 6.10. The van der Waals surface area contributed by atoms with Crippen LogP contribution in [0.4, 0.5) is 0 Å². The van der Waals surface area contributed by atoms with Crippen LogP contribution in [0.5, 0.6) is 0 Å². The number of carbonyl (C=O) groups excluding carboxylic acids is 4. The van der Waals surface area contributed by atoms with E-state index in [1.54, 1.807) is 90.6 Å². The van der Waals surface area contributed by atoms with Crippen molar-refractivity contribution >= 4 is 70.1 Å². The van der Waals surface area contributed by atoms with Crippen LogP contribution in [0.15, 0.2) is 24.3 Å². The van der Waals surface area contributed by atoms with Crippen LogP contribution in [-0.2, 0) is 9.47 Å². The maximum absolute atomic E-state index is 13.5. The number of esters is 2. The number of rotatable bonds is 6. The van der Waals surface area contributed by atoms with Gasteiger partial charge in [-0.25, -0.2) is 19.6 Å². The Kier molecular flexibility index (Phi) is 8.17. The van der Waals surface area contributed by atoms with E-state index in [-0.39, 0.29) is 70.1 Å². The number of carbonyl (C=O) groups is 4. The summed E-state index contributed by atoms with van der Waals surface area (Å²) in [5, 5.41) is 0. The van der Waals surface area contributed by atoms with E-state index >= 15 is 0 Å². The van der Waals surface area contributed by atoms with Gasteiger partial charge in [0.05, 0.1) is 69.2 Å². The molecular weight excluding hydrogens is 564 g/mol. The highest BCUT2D eigenvalue weighted by atomic mass is 16.5. The molecule has 0 fully saturated rings. The minimum absolute atomic E-state index is 0.126. The molecule has 0 aromatic carbocycles. The topological polar surface area (TPSA) is 151 Å². The first kappa shape index (κ1) is 30.0. The molecule has 0 atom stereocenters. The van der Waals surface area contributed by atoms with Gasteiger partial charge in [-0.3, -0.25) is 9.59 Å². The maximum atomic E-state index is 13.5. The molecule has 226 valence electrons. The van der Waals surface area contributed by atoms with Crippen LogP contribution in [0.1, 0.15) is 78.1 Å². The lowest BCUT2D eigenvalue weighted by Crippen LogP contribution is -2.23. The Hall–Kier alpha value is -5.52. The summed E-state index contributed by atoms with van der Waals surface area (Å²) in [6.45, 7) is 3.65. The Morgan fingerprint density at radius 3 is 1.23 bits per heavy atom. The predicted octanol–water partition coefficient (Wildman–Crippen LogP) is 4.41. The van der Waals surface area contributed by atoms with Gasteiger partial charge >= 0.3 is 11.9 Å². The van der Waals surface area contributed by atoms with Crippen molar-refractivity contribution < 1.29 is 28.7 Å². The second-order valence-corrected chi connectivity index (χ2v) is 10.3. The van der Waals surface area contributed by atoms with Crippen LogP contribution in [0.25, 0.3) is 46.4 Å². The Labute approximate surface area is 253 Å². The largest absolute Gasteiger partial charge is 0.462 e. The Bertz CT molecular complexity index is 1810. The molecule has 2 aliphatic heterocycles. The van der Waals surface area contributed by atoms with Crippen molar-refractivity contribution in [2.75, 3.05) is 41.4 Å². The first-order chi connectivity index (χ1) is 21.0. The van der Waals surface area contributed by atoms with Gasteiger partial charge < -0.3 is 29.2 Å². The summed E-state index contributed by atoms with van der Waals surface area (Å²) in [7, 11) is 6.47. The monoisotopic (exact) mass is 596 g/mol. The van der Waals surface area contributed by atoms with Crippen LogP contribution in [0.3, 0.4) is 0 Å². The standard InChI is InChI=1S/C32H32N6O6/c1-7-43-31(41)27-21-13-9-17(33-21)25(29(39)37(3)4)19-11-15-23(35-19)28(32(42)44-8-2)24-16-12-20(36-24)26(30(40)38(5)6)18-10-14-22(27)34-18/h9-16,33,35H,7-8H2,1-6H3. The van der Waals surface area contributed by atoms with E-state index < -0.39 is 11.9 Å². The smallest absolute Gasteiger partial charge is 0.342 e. The molecule has 3 aromatic rings. The van der Waals surface area contributed by atoms with Crippen molar-refractivity contribution in [3.63, 3.8) is 0 Å². The zero-order chi connectivity index (χ0) is 31.7. The Balaban J connectivity index is 2.03. The molecule has 12 heteroatoms. The number of aromatic amines is 2. The number of nitrogens with zero attached hydrogens (tertiary/aromatic N) is 4. The first-order valence-electron chi connectivity index (χ1n) is 14.0. The lowest BCUT2D eigenvalue weighted by molar-refractivity contribution is 0.0518. The number of hydrogen-bond donors (Lipinski definition) is 2. The lowest BCUT2D eigenvalue weighted by Gasteiger charge is -2.11. The number of nitrogens with one attached hydrogen (secondary N) is 2. The fraction of sp³-hybridized carbons (Fsp3) is 0.250. The quantitative estimate of drug-likeness (QED) is 0.274. The Morgan fingerprint density at radius 2 is 0.886 bits per heavy atom. The molecule has 8 bridgehead atoms. The third-order valence-corrected chi connectivity index (χ3v) is 6.95. The van der Waals surface area contributed by atoms with E-state index in [4.69, 9.17) is 9.47 Å². The highest BCUT2D eigenvalue weighted by Crippen LogP contribution is 2.28. The number of H-pyrrole nitrogens is 2. The molecule has 5 heterocycles.